The van der Waals surface area contributed by atoms with Crippen molar-refractivity contribution in [2.75, 3.05) is 11.9 Å². The molecule has 0 unspecified atom stereocenters. The fourth-order valence-corrected chi connectivity index (χ4v) is 4.17. The van der Waals surface area contributed by atoms with E-state index >= 15 is 0 Å². The lowest BCUT2D eigenvalue weighted by molar-refractivity contribution is -0.126. The normalized spacial score (nSPS) is 15.9. The van der Waals surface area contributed by atoms with Gasteiger partial charge in [-0.1, -0.05) is 66.5 Å². The molecule has 0 bridgehead atoms. The molecule has 0 aromatic heterocycles. The molecule has 2 aromatic rings. The van der Waals surface area contributed by atoms with Crippen LogP contribution in [0.2, 0.25) is 0 Å². The zero-order chi connectivity index (χ0) is 21.0. The summed E-state index contributed by atoms with van der Waals surface area (Å²) in [6.45, 7) is 5.84. The van der Waals surface area contributed by atoms with E-state index < -0.39 is 0 Å². The van der Waals surface area contributed by atoms with Crippen LogP contribution in [-0.2, 0) is 9.59 Å². The van der Waals surface area contributed by atoms with Crippen LogP contribution in [0.25, 0.3) is 6.08 Å². The van der Waals surface area contributed by atoms with Gasteiger partial charge >= 0.3 is 0 Å². The maximum Gasteiger partial charge on any atom is 0.266 e. The summed E-state index contributed by atoms with van der Waals surface area (Å²) in [5.74, 6) is -0.515. The van der Waals surface area contributed by atoms with Gasteiger partial charge in [0.2, 0.25) is 5.91 Å². The number of carbonyl (C=O) groups is 2. The predicted molar refractivity (Wildman–Crippen MR) is 125 cm³/mol. The first-order valence-corrected chi connectivity index (χ1v) is 10.4. The van der Waals surface area contributed by atoms with Crippen molar-refractivity contribution in [1.82, 2.24) is 4.90 Å². The summed E-state index contributed by atoms with van der Waals surface area (Å²) in [5, 5.41) is 2.83. The van der Waals surface area contributed by atoms with Gasteiger partial charge in [-0.15, -0.1) is 0 Å². The van der Waals surface area contributed by atoms with E-state index in [-0.39, 0.29) is 18.4 Å². The molecule has 148 valence electrons. The average Bonchev–Trinajstić information content (AvgIpc) is 2.93. The molecular weight excluding hydrogens is 400 g/mol. The van der Waals surface area contributed by atoms with E-state index in [0.717, 1.165) is 22.3 Å². The number of hydrogen-bond acceptors (Lipinski definition) is 4. The van der Waals surface area contributed by atoms with Crippen LogP contribution in [0.5, 0.6) is 0 Å². The molecule has 0 atom stereocenters. The molecule has 0 aliphatic carbocycles. The quantitative estimate of drug-likeness (QED) is 0.539. The number of nitrogens with one attached hydrogen (secondary N) is 1. The number of anilines is 1. The highest BCUT2D eigenvalue weighted by molar-refractivity contribution is 8.26. The van der Waals surface area contributed by atoms with Crippen molar-refractivity contribution < 1.29 is 9.59 Å². The molecule has 4 nitrogen and oxygen atoms in total. The van der Waals surface area contributed by atoms with Gasteiger partial charge in [-0.3, -0.25) is 14.5 Å². The monoisotopic (exact) mass is 422 g/mol. The van der Waals surface area contributed by atoms with Crippen LogP contribution >= 0.6 is 24.0 Å². The SMILES string of the molecule is CC(/C=C1\SC(=S)N(CC(=O)Nc2ccc(C)c(C)c2)C1=O)=C\c1ccccc1. The minimum atomic E-state index is -0.276. The minimum absolute atomic E-state index is 0.101. The van der Waals surface area contributed by atoms with Crippen molar-refractivity contribution in [3.05, 3.63) is 81.8 Å². The summed E-state index contributed by atoms with van der Waals surface area (Å²) < 4.78 is 0.393. The lowest BCUT2D eigenvalue weighted by atomic mass is 10.1. The van der Waals surface area contributed by atoms with E-state index in [4.69, 9.17) is 12.2 Å². The predicted octanol–water partition coefficient (Wildman–Crippen LogP) is 5.09. The molecule has 29 heavy (non-hydrogen) atoms. The first-order valence-electron chi connectivity index (χ1n) is 9.19. The van der Waals surface area contributed by atoms with Gasteiger partial charge in [0.15, 0.2) is 0 Å². The van der Waals surface area contributed by atoms with Crippen LogP contribution in [0.3, 0.4) is 0 Å². The maximum absolute atomic E-state index is 12.7. The van der Waals surface area contributed by atoms with Gasteiger partial charge in [0.25, 0.3) is 5.91 Å². The zero-order valence-corrected chi connectivity index (χ0v) is 18.2. The molecule has 6 heteroatoms. The van der Waals surface area contributed by atoms with Crippen molar-refractivity contribution in [2.45, 2.75) is 20.8 Å². The van der Waals surface area contributed by atoms with E-state index in [1.165, 1.54) is 16.7 Å². The van der Waals surface area contributed by atoms with Crippen LogP contribution in [0, 0.1) is 13.8 Å². The first kappa shape index (κ1) is 21.0. The third kappa shape index (κ3) is 5.43. The Morgan fingerprint density at radius 1 is 1.14 bits per heavy atom. The molecule has 0 spiro atoms. The Balaban J connectivity index is 1.67. The van der Waals surface area contributed by atoms with Crippen LogP contribution in [0.15, 0.2) is 65.1 Å². The van der Waals surface area contributed by atoms with Gasteiger partial charge in [-0.05, 0) is 61.2 Å². The van der Waals surface area contributed by atoms with Gasteiger partial charge in [-0.2, -0.15) is 0 Å². The Labute approximate surface area is 180 Å². The Morgan fingerprint density at radius 2 is 1.86 bits per heavy atom. The van der Waals surface area contributed by atoms with Gasteiger partial charge in [0.1, 0.15) is 10.9 Å². The highest BCUT2D eigenvalue weighted by atomic mass is 32.2. The number of thioether (sulfide) groups is 1. The molecule has 0 saturated carbocycles. The summed E-state index contributed by atoms with van der Waals surface area (Å²) in [5.41, 5.74) is 4.96. The van der Waals surface area contributed by atoms with Gasteiger partial charge in [-0.25, -0.2) is 0 Å². The van der Waals surface area contributed by atoms with E-state index in [0.29, 0.717) is 14.9 Å². The summed E-state index contributed by atoms with van der Waals surface area (Å²) in [7, 11) is 0. The summed E-state index contributed by atoms with van der Waals surface area (Å²) in [4.78, 5) is 27.0. The highest BCUT2D eigenvalue weighted by Gasteiger charge is 2.33. The third-order valence-corrected chi connectivity index (χ3v) is 5.90. The largest absolute Gasteiger partial charge is 0.325 e. The lowest BCUT2D eigenvalue weighted by Gasteiger charge is -2.14. The lowest BCUT2D eigenvalue weighted by Crippen LogP contribution is -2.36. The zero-order valence-electron chi connectivity index (χ0n) is 16.6. The van der Waals surface area contributed by atoms with Crippen molar-refractivity contribution in [3.63, 3.8) is 0 Å². The molecule has 0 radical (unpaired) electrons. The van der Waals surface area contributed by atoms with Crippen LogP contribution in [0.1, 0.15) is 23.6 Å². The van der Waals surface area contributed by atoms with Crippen LogP contribution in [0.4, 0.5) is 5.69 Å². The van der Waals surface area contributed by atoms with Crippen molar-refractivity contribution in [3.8, 4) is 0 Å². The first-order chi connectivity index (χ1) is 13.8. The molecule has 1 aliphatic heterocycles. The van der Waals surface area contributed by atoms with Crippen molar-refractivity contribution in [1.29, 1.82) is 0 Å². The van der Waals surface area contributed by atoms with Gasteiger partial charge in [0.05, 0.1) is 4.91 Å². The van der Waals surface area contributed by atoms with Crippen molar-refractivity contribution >= 4 is 51.9 Å². The topological polar surface area (TPSA) is 49.4 Å². The molecule has 2 aromatic carbocycles. The summed E-state index contributed by atoms with van der Waals surface area (Å²) in [6.07, 6.45) is 3.81. The molecule has 2 amide bonds. The molecule has 1 aliphatic rings. The highest BCUT2D eigenvalue weighted by Crippen LogP contribution is 2.32. The smallest absolute Gasteiger partial charge is 0.266 e. The van der Waals surface area contributed by atoms with E-state index in [2.05, 4.69) is 5.32 Å². The Kier molecular flexibility index (Phi) is 6.67. The molecular formula is C23H22N2O2S2. The average molecular weight is 423 g/mol. The second-order valence-corrected chi connectivity index (χ2v) is 8.59. The number of rotatable bonds is 5. The van der Waals surface area contributed by atoms with Gasteiger partial charge in [0, 0.05) is 5.69 Å². The second-order valence-electron chi connectivity index (χ2n) is 6.91. The Morgan fingerprint density at radius 3 is 2.55 bits per heavy atom. The van der Waals surface area contributed by atoms with Crippen molar-refractivity contribution in [2.24, 2.45) is 0 Å². The van der Waals surface area contributed by atoms with E-state index in [9.17, 15) is 9.59 Å². The van der Waals surface area contributed by atoms with Crippen LogP contribution in [-0.4, -0.2) is 27.6 Å². The number of hydrogen-bond donors (Lipinski definition) is 1. The third-order valence-electron chi connectivity index (χ3n) is 4.52. The van der Waals surface area contributed by atoms with E-state index in [1.54, 1.807) is 0 Å². The molecule has 3 rings (SSSR count). The summed E-state index contributed by atoms with van der Waals surface area (Å²) >= 11 is 6.55. The van der Waals surface area contributed by atoms with Gasteiger partial charge < -0.3 is 5.32 Å². The number of benzene rings is 2. The van der Waals surface area contributed by atoms with E-state index in [1.807, 2.05) is 81.5 Å². The molecule has 1 heterocycles. The Hall–Kier alpha value is -2.70. The maximum atomic E-state index is 12.7. The fourth-order valence-electron chi connectivity index (χ4n) is 2.86. The molecule has 1 N–H and O–H groups in total. The number of nitrogens with zero attached hydrogens (tertiary/aromatic N) is 1. The number of thiocarbonyl (C=S) groups is 1. The number of allylic oxidation sites excluding steroid dienone is 2. The second kappa shape index (κ2) is 9.20. The van der Waals surface area contributed by atoms with Crippen LogP contribution < -0.4 is 5.32 Å². The molecule has 1 saturated heterocycles. The summed E-state index contributed by atoms with van der Waals surface area (Å²) in [6, 6.07) is 15.6. The fraction of sp³-hybridized carbons (Fsp3) is 0.174. The number of aryl methyl sites for hydroxylation is 2. The minimum Gasteiger partial charge on any atom is -0.325 e. The molecule has 1 fully saturated rings. The number of amides is 2. The Bertz CT molecular complexity index is 1030. The number of carbonyl (C=O) groups excluding carboxylic acids is 2. The standard InChI is InChI=1S/C23H22N2O2S2/c1-15(11-18-7-5-4-6-8-18)12-20-22(27)25(23(28)29-20)14-21(26)24-19-10-9-16(2)17(3)13-19/h4-13H,14H2,1-3H3,(H,24,26)/b15-11+,20-12-.